The van der Waals surface area contributed by atoms with E-state index in [-0.39, 0.29) is 11.6 Å². The first-order valence-corrected chi connectivity index (χ1v) is 9.24. The van der Waals surface area contributed by atoms with Crippen LogP contribution in [0.25, 0.3) is 10.9 Å². The zero-order valence-corrected chi connectivity index (χ0v) is 16.8. The SMILES string of the molecule is Cc1[nH]c2ccc(OC(F)(F)F)cc2c1CCNCc1cccc(F)c1.O=C(O)C(=O)O. The summed E-state index contributed by atoms with van der Waals surface area (Å²) in [6, 6.07) is 10.6. The monoisotopic (exact) mass is 456 g/mol. The van der Waals surface area contributed by atoms with Crippen molar-refractivity contribution in [1.29, 1.82) is 0 Å². The minimum absolute atomic E-state index is 0.238. The van der Waals surface area contributed by atoms with Crippen LogP contribution in [0.4, 0.5) is 17.6 Å². The highest BCUT2D eigenvalue weighted by Crippen LogP contribution is 2.29. The van der Waals surface area contributed by atoms with Crippen LogP contribution < -0.4 is 10.1 Å². The van der Waals surface area contributed by atoms with Crippen LogP contribution in [0.3, 0.4) is 0 Å². The Labute approximate surface area is 179 Å². The number of aromatic amines is 1. The number of fused-ring (bicyclic) bond motifs is 1. The van der Waals surface area contributed by atoms with Gasteiger partial charge in [-0.2, -0.15) is 0 Å². The molecule has 7 nitrogen and oxygen atoms in total. The van der Waals surface area contributed by atoms with Gasteiger partial charge in [0, 0.05) is 23.1 Å². The number of ether oxygens (including phenoxy) is 1. The summed E-state index contributed by atoms with van der Waals surface area (Å²) in [5.41, 5.74) is 3.43. The Kier molecular flexibility index (Phi) is 8.19. The maximum absolute atomic E-state index is 13.2. The molecule has 1 aromatic heterocycles. The molecule has 3 rings (SSSR count). The van der Waals surface area contributed by atoms with Gasteiger partial charge in [-0.1, -0.05) is 12.1 Å². The van der Waals surface area contributed by atoms with E-state index in [0.29, 0.717) is 24.9 Å². The van der Waals surface area contributed by atoms with E-state index >= 15 is 0 Å². The lowest BCUT2D eigenvalue weighted by atomic mass is 10.1. The number of carbonyl (C=O) groups is 2. The van der Waals surface area contributed by atoms with Gasteiger partial charge in [-0.15, -0.1) is 13.2 Å². The second kappa shape index (κ2) is 10.6. The van der Waals surface area contributed by atoms with Gasteiger partial charge in [0.1, 0.15) is 11.6 Å². The predicted molar refractivity (Wildman–Crippen MR) is 107 cm³/mol. The average Bonchev–Trinajstić information content (AvgIpc) is 2.99. The van der Waals surface area contributed by atoms with Crippen molar-refractivity contribution in [2.45, 2.75) is 26.3 Å². The van der Waals surface area contributed by atoms with Gasteiger partial charge in [0.25, 0.3) is 0 Å². The van der Waals surface area contributed by atoms with Gasteiger partial charge in [0.05, 0.1) is 0 Å². The molecule has 0 spiro atoms. The molecule has 1 heterocycles. The maximum Gasteiger partial charge on any atom is 0.573 e. The van der Waals surface area contributed by atoms with E-state index in [9.17, 15) is 17.6 Å². The number of carboxylic acids is 2. The number of aryl methyl sites for hydroxylation is 1. The van der Waals surface area contributed by atoms with Gasteiger partial charge >= 0.3 is 18.3 Å². The van der Waals surface area contributed by atoms with Gasteiger partial charge in [-0.05, 0) is 61.3 Å². The summed E-state index contributed by atoms with van der Waals surface area (Å²) in [6.45, 7) is 3.00. The van der Waals surface area contributed by atoms with Crippen molar-refractivity contribution in [3.8, 4) is 5.75 Å². The number of carboxylic acid groups (broad SMARTS) is 2. The maximum atomic E-state index is 13.2. The zero-order valence-electron chi connectivity index (χ0n) is 16.8. The molecule has 0 saturated carbocycles. The topological polar surface area (TPSA) is 112 Å². The van der Waals surface area contributed by atoms with E-state index in [0.717, 1.165) is 22.3 Å². The third kappa shape index (κ3) is 7.58. The van der Waals surface area contributed by atoms with Gasteiger partial charge in [-0.25, -0.2) is 14.0 Å². The number of nitrogens with one attached hydrogen (secondary N) is 2. The quantitative estimate of drug-likeness (QED) is 0.254. The van der Waals surface area contributed by atoms with E-state index in [1.54, 1.807) is 12.1 Å². The van der Waals surface area contributed by atoms with Gasteiger partial charge in [0.15, 0.2) is 0 Å². The number of aliphatic carboxylic acids is 2. The van der Waals surface area contributed by atoms with E-state index < -0.39 is 18.3 Å². The average molecular weight is 456 g/mol. The van der Waals surface area contributed by atoms with Crippen LogP contribution in [0.2, 0.25) is 0 Å². The highest BCUT2D eigenvalue weighted by molar-refractivity contribution is 6.27. The fourth-order valence-corrected chi connectivity index (χ4v) is 2.97. The van der Waals surface area contributed by atoms with Crippen molar-refractivity contribution >= 4 is 22.8 Å². The second-order valence-corrected chi connectivity index (χ2v) is 6.65. The van der Waals surface area contributed by atoms with Crippen molar-refractivity contribution in [3.05, 3.63) is 65.1 Å². The molecule has 4 N–H and O–H groups in total. The summed E-state index contributed by atoms with van der Waals surface area (Å²) in [5, 5.41) is 18.7. The largest absolute Gasteiger partial charge is 0.573 e. The fraction of sp³-hybridized carbons (Fsp3) is 0.238. The van der Waals surface area contributed by atoms with Crippen molar-refractivity contribution in [2.75, 3.05) is 6.54 Å². The molecule has 0 amide bonds. The predicted octanol–water partition coefficient (Wildman–Crippen LogP) is 4.00. The van der Waals surface area contributed by atoms with Crippen LogP contribution in [-0.4, -0.2) is 40.0 Å². The Balaban J connectivity index is 0.000000534. The first kappa shape index (κ1) is 24.7. The highest BCUT2D eigenvalue weighted by atomic mass is 19.4. The summed E-state index contributed by atoms with van der Waals surface area (Å²) < 4.78 is 54.4. The highest BCUT2D eigenvalue weighted by Gasteiger charge is 2.31. The molecule has 0 aliphatic heterocycles. The van der Waals surface area contributed by atoms with E-state index in [1.165, 1.54) is 24.3 Å². The van der Waals surface area contributed by atoms with Crippen LogP contribution in [0.5, 0.6) is 5.75 Å². The lowest BCUT2D eigenvalue weighted by Crippen LogP contribution is -2.17. The molecule has 0 atom stereocenters. The van der Waals surface area contributed by atoms with Crippen LogP contribution in [0.1, 0.15) is 16.8 Å². The first-order valence-electron chi connectivity index (χ1n) is 9.24. The minimum Gasteiger partial charge on any atom is -0.473 e. The molecule has 172 valence electrons. The standard InChI is InChI=1S/C19H18F4N2O.C2H2O4/c1-12-16(7-8-24-11-13-3-2-4-14(20)9-13)17-10-15(26-19(21,22)23)5-6-18(17)25-12;3-1(4)2(5)6/h2-6,9-10,24-25H,7-8,11H2,1H3;(H,3,4)(H,5,6). The van der Waals surface area contributed by atoms with Crippen LogP contribution in [0, 0.1) is 12.7 Å². The lowest BCUT2D eigenvalue weighted by Gasteiger charge is -2.09. The molecule has 11 heteroatoms. The molecule has 32 heavy (non-hydrogen) atoms. The number of benzene rings is 2. The first-order chi connectivity index (χ1) is 15.0. The van der Waals surface area contributed by atoms with Crippen LogP contribution >= 0.6 is 0 Å². The third-order valence-electron chi connectivity index (χ3n) is 4.28. The van der Waals surface area contributed by atoms with Crippen molar-refractivity contribution in [3.63, 3.8) is 0 Å². The molecule has 2 aromatic carbocycles. The fourth-order valence-electron chi connectivity index (χ4n) is 2.97. The Morgan fingerprint density at radius 3 is 2.38 bits per heavy atom. The Bertz CT molecular complexity index is 1080. The number of aromatic nitrogens is 1. The molecule has 0 saturated heterocycles. The normalized spacial score (nSPS) is 11.0. The second-order valence-electron chi connectivity index (χ2n) is 6.65. The lowest BCUT2D eigenvalue weighted by molar-refractivity contribution is -0.274. The Morgan fingerprint density at radius 1 is 1.09 bits per heavy atom. The molecule has 3 aromatic rings. The molecule has 0 radical (unpaired) electrons. The van der Waals surface area contributed by atoms with E-state index in [4.69, 9.17) is 19.8 Å². The van der Waals surface area contributed by atoms with Crippen molar-refractivity contribution in [1.82, 2.24) is 10.3 Å². The Hall–Kier alpha value is -3.60. The zero-order chi connectivity index (χ0) is 23.9. The molecule has 0 fully saturated rings. The number of H-pyrrole nitrogens is 1. The summed E-state index contributed by atoms with van der Waals surface area (Å²) in [4.78, 5) is 21.4. The van der Waals surface area contributed by atoms with E-state index in [2.05, 4.69) is 15.0 Å². The van der Waals surface area contributed by atoms with Gasteiger partial charge in [0.2, 0.25) is 0 Å². The van der Waals surface area contributed by atoms with Crippen LogP contribution in [-0.2, 0) is 22.6 Å². The van der Waals surface area contributed by atoms with Crippen LogP contribution in [0.15, 0.2) is 42.5 Å². The van der Waals surface area contributed by atoms with Gasteiger partial charge < -0.3 is 25.3 Å². The summed E-state index contributed by atoms with van der Waals surface area (Å²) in [7, 11) is 0. The molecular weight excluding hydrogens is 436 g/mol. The number of halogens is 4. The summed E-state index contributed by atoms with van der Waals surface area (Å²) in [5.74, 6) is -4.17. The smallest absolute Gasteiger partial charge is 0.473 e. The van der Waals surface area contributed by atoms with Crippen molar-refractivity contribution < 1.29 is 42.1 Å². The molecular formula is C21H20F4N2O5. The van der Waals surface area contributed by atoms with Gasteiger partial charge in [-0.3, -0.25) is 0 Å². The molecule has 0 aliphatic carbocycles. The molecule has 0 bridgehead atoms. The molecule has 0 aliphatic rings. The minimum atomic E-state index is -4.72. The summed E-state index contributed by atoms with van der Waals surface area (Å²) in [6.07, 6.45) is -4.09. The summed E-state index contributed by atoms with van der Waals surface area (Å²) >= 11 is 0. The van der Waals surface area contributed by atoms with E-state index in [1.807, 2.05) is 13.0 Å². The Morgan fingerprint density at radius 2 is 1.78 bits per heavy atom. The number of hydrogen-bond donors (Lipinski definition) is 4. The van der Waals surface area contributed by atoms with Crippen molar-refractivity contribution in [2.24, 2.45) is 0 Å². The third-order valence-corrected chi connectivity index (χ3v) is 4.28. The molecule has 0 unspecified atom stereocenters. The number of hydrogen-bond acceptors (Lipinski definition) is 4. The number of alkyl halides is 3. The number of rotatable bonds is 6.